The van der Waals surface area contributed by atoms with E-state index < -0.39 is 115 Å². The van der Waals surface area contributed by atoms with Gasteiger partial charge in [-0.05, 0) is 31.6 Å². The molecule has 0 rings (SSSR count). The van der Waals surface area contributed by atoms with Gasteiger partial charge in [0.25, 0.3) is 5.91 Å². The molecule has 18 heteroatoms. The van der Waals surface area contributed by atoms with Gasteiger partial charge in [0, 0.05) is 31.7 Å². The second-order valence-electron chi connectivity index (χ2n) is 12.6. The van der Waals surface area contributed by atoms with E-state index in [0.717, 1.165) is 7.11 Å². The van der Waals surface area contributed by atoms with Gasteiger partial charge in [0.2, 0.25) is 23.6 Å². The van der Waals surface area contributed by atoms with E-state index in [4.69, 9.17) is 16.2 Å². The lowest BCUT2D eigenvalue weighted by Crippen LogP contribution is -2.53. The monoisotopic (exact) mass is 703 g/mol. The first-order chi connectivity index (χ1) is 22.7. The molecule has 0 bridgehead atoms. The van der Waals surface area contributed by atoms with Crippen LogP contribution in [0, 0.1) is 17.8 Å². The molecular weight excluding hydrogens is 650 g/mol. The standard InChI is InChI=1S/C31H53N5O13/c1-15(2)9-10-23(40)35-19(14-22(33)39)20(37)12-17(13-21(32)38)29(46)36-18(31(48)49-5)8-6-7-11-34-30(47)28(45)27(44)26(43)25(42)24(41)16(3)4/h15-19,25-28,42-45H,6-14H2,1-5H3,(H2,32,38)(H2,33,39)(H,34,47)(H,35,40)(H,36,46)/t17-,18-,19-,25?,26?,27?,28?/m0/s1. The van der Waals surface area contributed by atoms with Crippen molar-refractivity contribution in [3.8, 4) is 0 Å². The van der Waals surface area contributed by atoms with Crippen molar-refractivity contribution < 1.29 is 63.5 Å². The van der Waals surface area contributed by atoms with Gasteiger partial charge in [-0.2, -0.15) is 0 Å². The van der Waals surface area contributed by atoms with E-state index in [2.05, 4.69) is 16.0 Å². The van der Waals surface area contributed by atoms with Crippen molar-refractivity contribution in [3.05, 3.63) is 0 Å². The van der Waals surface area contributed by atoms with Crippen LogP contribution in [0.2, 0.25) is 0 Å². The molecule has 280 valence electrons. The molecule has 0 aliphatic rings. The third kappa shape index (κ3) is 17.3. The number of aliphatic hydroxyl groups is 4. The molecule has 18 nitrogen and oxygen atoms in total. The van der Waals surface area contributed by atoms with Gasteiger partial charge in [-0.25, -0.2) is 4.79 Å². The van der Waals surface area contributed by atoms with E-state index in [0.29, 0.717) is 6.42 Å². The average molecular weight is 704 g/mol. The minimum Gasteiger partial charge on any atom is -0.467 e. The molecular formula is C31H53N5O13. The van der Waals surface area contributed by atoms with E-state index in [9.17, 15) is 58.8 Å². The van der Waals surface area contributed by atoms with Gasteiger partial charge in [-0.1, -0.05) is 27.7 Å². The molecule has 7 atom stereocenters. The Hall–Kier alpha value is -4.00. The Morgan fingerprint density at radius 1 is 0.694 bits per heavy atom. The minimum absolute atomic E-state index is 0.0465. The number of rotatable bonds is 25. The first kappa shape index (κ1) is 45.0. The van der Waals surface area contributed by atoms with Gasteiger partial charge in [0.15, 0.2) is 17.7 Å². The SMILES string of the molecule is COC(=O)[C@H](CCCCNC(=O)C(O)C(O)C(O)C(O)C(=O)C(C)C)NC(=O)[C@H](CC(N)=O)CC(=O)[C@H](CC(N)=O)NC(=O)CCC(C)C. The topological polar surface area (TPSA) is 315 Å². The van der Waals surface area contributed by atoms with Crippen LogP contribution in [0.3, 0.4) is 0 Å². The molecule has 0 heterocycles. The van der Waals surface area contributed by atoms with Crippen LogP contribution < -0.4 is 27.4 Å². The number of nitrogens with one attached hydrogen (secondary N) is 3. The molecule has 5 amide bonds. The Morgan fingerprint density at radius 3 is 1.78 bits per heavy atom. The number of nitrogens with two attached hydrogens (primary N) is 2. The summed E-state index contributed by atoms with van der Waals surface area (Å²) in [6, 6.07) is -2.62. The molecule has 0 radical (unpaired) electrons. The van der Waals surface area contributed by atoms with Gasteiger partial charge in [-0.15, -0.1) is 0 Å². The number of Topliss-reactive ketones (excluding diaryl/α,β-unsaturated/α-hetero) is 2. The van der Waals surface area contributed by atoms with Crippen molar-refractivity contribution in [2.75, 3.05) is 13.7 Å². The molecule has 0 aliphatic carbocycles. The van der Waals surface area contributed by atoms with Crippen LogP contribution in [0.15, 0.2) is 0 Å². The number of hydrogen-bond donors (Lipinski definition) is 9. The highest BCUT2D eigenvalue weighted by atomic mass is 16.5. The summed E-state index contributed by atoms with van der Waals surface area (Å²) < 4.78 is 4.74. The summed E-state index contributed by atoms with van der Waals surface area (Å²) in [5.74, 6) is -8.65. The average Bonchev–Trinajstić information content (AvgIpc) is 3.02. The lowest BCUT2D eigenvalue weighted by molar-refractivity contribution is -0.155. The Morgan fingerprint density at radius 2 is 1.27 bits per heavy atom. The number of ketones is 2. The summed E-state index contributed by atoms with van der Waals surface area (Å²) in [6.07, 6.45) is -9.41. The maximum atomic E-state index is 13.2. The van der Waals surface area contributed by atoms with Gasteiger partial charge < -0.3 is 52.6 Å². The Bertz CT molecular complexity index is 1160. The summed E-state index contributed by atoms with van der Waals surface area (Å²) in [5.41, 5.74) is 10.5. The van der Waals surface area contributed by atoms with E-state index in [1.54, 1.807) is 0 Å². The summed E-state index contributed by atoms with van der Waals surface area (Å²) >= 11 is 0. The van der Waals surface area contributed by atoms with Crippen molar-refractivity contribution in [1.82, 2.24) is 16.0 Å². The molecule has 11 N–H and O–H groups in total. The highest BCUT2D eigenvalue weighted by molar-refractivity contribution is 5.97. The molecule has 0 saturated carbocycles. The number of amides is 5. The van der Waals surface area contributed by atoms with Gasteiger partial charge in [0.1, 0.15) is 24.4 Å². The predicted octanol–water partition coefficient (Wildman–Crippen LogP) is -3.15. The molecule has 0 spiro atoms. The second-order valence-corrected chi connectivity index (χ2v) is 12.6. The predicted molar refractivity (Wildman–Crippen MR) is 171 cm³/mol. The molecule has 0 saturated heterocycles. The van der Waals surface area contributed by atoms with E-state index >= 15 is 0 Å². The summed E-state index contributed by atoms with van der Waals surface area (Å²) in [7, 11) is 1.06. The largest absolute Gasteiger partial charge is 0.467 e. The number of carbonyl (C=O) groups excluding carboxylic acids is 8. The quantitative estimate of drug-likeness (QED) is 0.0336. The first-order valence-electron chi connectivity index (χ1n) is 16.0. The number of methoxy groups -OCH3 is 1. The normalized spacial score (nSPS) is 15.6. The molecule has 0 aromatic heterocycles. The smallest absolute Gasteiger partial charge is 0.328 e. The van der Waals surface area contributed by atoms with Crippen LogP contribution in [-0.2, 0) is 43.1 Å². The first-order valence-corrected chi connectivity index (χ1v) is 16.0. The van der Waals surface area contributed by atoms with Crippen molar-refractivity contribution in [3.63, 3.8) is 0 Å². The second kappa shape index (κ2) is 22.6. The zero-order valence-electron chi connectivity index (χ0n) is 28.7. The molecule has 0 fully saturated rings. The number of ether oxygens (including phenoxy) is 1. The molecule has 0 aromatic rings. The van der Waals surface area contributed by atoms with Gasteiger partial charge >= 0.3 is 5.97 Å². The Labute approximate surface area is 285 Å². The Kier molecular flexibility index (Phi) is 20.8. The number of hydrogen-bond acceptors (Lipinski definition) is 13. The molecule has 0 aromatic carbocycles. The van der Waals surface area contributed by atoms with Crippen LogP contribution in [0.25, 0.3) is 0 Å². The Balaban J connectivity index is 5.35. The van der Waals surface area contributed by atoms with E-state index in [1.807, 2.05) is 13.8 Å². The number of primary amides is 2. The van der Waals surface area contributed by atoms with Crippen LogP contribution >= 0.6 is 0 Å². The fourth-order valence-electron chi connectivity index (χ4n) is 4.53. The summed E-state index contributed by atoms with van der Waals surface area (Å²) in [5, 5.41) is 47.1. The third-order valence-corrected chi connectivity index (χ3v) is 7.49. The highest BCUT2D eigenvalue weighted by Crippen LogP contribution is 2.15. The number of carbonyl (C=O) groups is 8. The van der Waals surface area contributed by atoms with Crippen LogP contribution in [0.5, 0.6) is 0 Å². The maximum Gasteiger partial charge on any atom is 0.328 e. The van der Waals surface area contributed by atoms with Crippen LogP contribution in [0.4, 0.5) is 0 Å². The molecule has 4 unspecified atom stereocenters. The zero-order chi connectivity index (χ0) is 38.0. The van der Waals surface area contributed by atoms with Crippen LogP contribution in [0.1, 0.15) is 79.1 Å². The van der Waals surface area contributed by atoms with Crippen molar-refractivity contribution >= 4 is 47.1 Å². The summed E-state index contributed by atoms with van der Waals surface area (Å²) in [4.78, 5) is 98.5. The van der Waals surface area contributed by atoms with Crippen molar-refractivity contribution in [2.24, 2.45) is 29.2 Å². The minimum atomic E-state index is -2.19. The lowest BCUT2D eigenvalue weighted by Gasteiger charge is -2.26. The van der Waals surface area contributed by atoms with Crippen LogP contribution in [-0.4, -0.2) is 118 Å². The van der Waals surface area contributed by atoms with E-state index in [-0.39, 0.29) is 38.1 Å². The fourth-order valence-corrected chi connectivity index (χ4v) is 4.53. The molecule has 49 heavy (non-hydrogen) atoms. The maximum absolute atomic E-state index is 13.2. The van der Waals surface area contributed by atoms with E-state index in [1.165, 1.54) is 13.8 Å². The number of esters is 1. The number of unbranched alkanes of at least 4 members (excludes halogenated alkanes) is 1. The third-order valence-electron chi connectivity index (χ3n) is 7.49. The summed E-state index contributed by atoms with van der Waals surface area (Å²) in [6.45, 7) is 6.59. The lowest BCUT2D eigenvalue weighted by atomic mass is 9.92. The van der Waals surface area contributed by atoms with Gasteiger partial charge in [0.05, 0.1) is 25.5 Å². The van der Waals surface area contributed by atoms with Crippen molar-refractivity contribution in [1.29, 1.82) is 0 Å². The number of aliphatic hydroxyl groups excluding tert-OH is 4. The van der Waals surface area contributed by atoms with Gasteiger partial charge in [-0.3, -0.25) is 33.6 Å². The highest BCUT2D eigenvalue weighted by Gasteiger charge is 2.38. The molecule has 0 aliphatic heterocycles. The van der Waals surface area contributed by atoms with Crippen molar-refractivity contribution in [2.45, 2.75) is 116 Å². The zero-order valence-corrected chi connectivity index (χ0v) is 28.7. The fraction of sp³-hybridized carbons (Fsp3) is 0.742.